The Balaban J connectivity index is 2.25. The number of aryl methyl sites for hydroxylation is 3. The average Bonchev–Trinajstić information content (AvgIpc) is 2.72. The van der Waals surface area contributed by atoms with Gasteiger partial charge >= 0.3 is 0 Å². The molecule has 1 unspecified atom stereocenters. The van der Waals surface area contributed by atoms with Crippen molar-refractivity contribution in [3.63, 3.8) is 0 Å². The molecule has 3 nitrogen and oxygen atoms in total. The number of aliphatic hydroxyl groups is 1. The second kappa shape index (κ2) is 5.88. The van der Waals surface area contributed by atoms with Gasteiger partial charge in [0.05, 0.1) is 11.8 Å². The maximum Gasteiger partial charge on any atom is 0.0848 e. The molecule has 0 amide bonds. The molecular weight excluding hydrogens is 304 g/mol. The summed E-state index contributed by atoms with van der Waals surface area (Å²) in [4.78, 5) is 0. The van der Waals surface area contributed by atoms with Gasteiger partial charge in [-0.05, 0) is 50.1 Å². The van der Waals surface area contributed by atoms with Crippen LogP contribution in [-0.2, 0) is 13.0 Å². The highest BCUT2D eigenvalue weighted by Gasteiger charge is 2.15. The SMILES string of the molecule is CCn1nc(C)cc1CC(O)c1cc(Br)ccc1C. The molecule has 1 heterocycles. The van der Waals surface area contributed by atoms with Crippen LogP contribution in [0.4, 0.5) is 0 Å². The van der Waals surface area contributed by atoms with Crippen molar-refractivity contribution in [3.8, 4) is 0 Å². The Morgan fingerprint density at radius 2 is 2.05 bits per heavy atom. The highest BCUT2D eigenvalue weighted by atomic mass is 79.9. The van der Waals surface area contributed by atoms with Crippen LogP contribution in [-0.4, -0.2) is 14.9 Å². The van der Waals surface area contributed by atoms with Crippen LogP contribution < -0.4 is 0 Å². The minimum Gasteiger partial charge on any atom is -0.388 e. The molecule has 1 atom stereocenters. The van der Waals surface area contributed by atoms with Gasteiger partial charge in [0, 0.05) is 23.1 Å². The van der Waals surface area contributed by atoms with Gasteiger partial charge in [-0.2, -0.15) is 5.10 Å². The molecule has 1 aromatic heterocycles. The fraction of sp³-hybridized carbons (Fsp3) is 0.400. The van der Waals surface area contributed by atoms with Crippen LogP contribution in [0.15, 0.2) is 28.7 Å². The standard InChI is InChI=1S/C15H19BrN2O/c1-4-18-13(7-11(3)17-18)9-15(19)14-8-12(16)6-5-10(14)2/h5-8,15,19H,4,9H2,1-3H3. The van der Waals surface area contributed by atoms with Gasteiger partial charge in [-0.1, -0.05) is 22.0 Å². The van der Waals surface area contributed by atoms with Crippen LogP contribution in [0.25, 0.3) is 0 Å². The molecule has 2 rings (SSSR count). The van der Waals surface area contributed by atoms with Crippen molar-refractivity contribution in [3.05, 3.63) is 51.3 Å². The predicted molar refractivity (Wildman–Crippen MR) is 80.2 cm³/mol. The molecule has 0 fully saturated rings. The first-order valence-electron chi connectivity index (χ1n) is 6.48. The van der Waals surface area contributed by atoms with Crippen molar-refractivity contribution in [1.82, 2.24) is 9.78 Å². The van der Waals surface area contributed by atoms with E-state index < -0.39 is 6.10 Å². The number of hydrogen-bond acceptors (Lipinski definition) is 2. The highest BCUT2D eigenvalue weighted by Crippen LogP contribution is 2.25. The quantitative estimate of drug-likeness (QED) is 0.934. The smallest absolute Gasteiger partial charge is 0.0848 e. The molecule has 0 aliphatic rings. The summed E-state index contributed by atoms with van der Waals surface area (Å²) < 4.78 is 2.94. The Morgan fingerprint density at radius 3 is 2.74 bits per heavy atom. The maximum absolute atomic E-state index is 10.4. The molecule has 0 aliphatic heterocycles. The first-order valence-corrected chi connectivity index (χ1v) is 7.28. The lowest BCUT2D eigenvalue weighted by Gasteiger charge is -2.15. The summed E-state index contributed by atoms with van der Waals surface area (Å²) in [5.41, 5.74) is 4.15. The monoisotopic (exact) mass is 322 g/mol. The van der Waals surface area contributed by atoms with E-state index in [1.165, 1.54) is 0 Å². The molecule has 0 aliphatic carbocycles. The molecule has 102 valence electrons. The van der Waals surface area contributed by atoms with E-state index in [-0.39, 0.29) is 0 Å². The van der Waals surface area contributed by atoms with Gasteiger partial charge in [-0.25, -0.2) is 0 Å². The van der Waals surface area contributed by atoms with Gasteiger partial charge in [0.15, 0.2) is 0 Å². The zero-order valence-electron chi connectivity index (χ0n) is 11.5. The van der Waals surface area contributed by atoms with Crippen LogP contribution in [0.5, 0.6) is 0 Å². The summed E-state index contributed by atoms with van der Waals surface area (Å²) in [6.45, 7) is 6.89. The van der Waals surface area contributed by atoms with E-state index in [1.54, 1.807) is 0 Å². The van der Waals surface area contributed by atoms with Crippen LogP contribution in [0.2, 0.25) is 0 Å². The summed E-state index contributed by atoms with van der Waals surface area (Å²) in [6.07, 6.45) is 0.0882. The first-order chi connectivity index (χ1) is 9.01. The molecule has 2 aromatic rings. The Kier molecular flexibility index (Phi) is 4.42. The number of halogens is 1. The first kappa shape index (κ1) is 14.3. The Morgan fingerprint density at radius 1 is 1.32 bits per heavy atom. The lowest BCUT2D eigenvalue weighted by molar-refractivity contribution is 0.174. The highest BCUT2D eigenvalue weighted by molar-refractivity contribution is 9.10. The van der Waals surface area contributed by atoms with Crippen molar-refractivity contribution >= 4 is 15.9 Å². The van der Waals surface area contributed by atoms with Crippen LogP contribution in [0.3, 0.4) is 0 Å². The van der Waals surface area contributed by atoms with Gasteiger partial charge in [-0.3, -0.25) is 4.68 Å². The normalized spacial score (nSPS) is 12.7. The number of aliphatic hydroxyl groups excluding tert-OH is 1. The zero-order chi connectivity index (χ0) is 14.0. The second-order valence-electron chi connectivity index (χ2n) is 4.81. The number of nitrogens with zero attached hydrogens (tertiary/aromatic N) is 2. The third-order valence-electron chi connectivity index (χ3n) is 3.29. The maximum atomic E-state index is 10.4. The van der Waals surface area contributed by atoms with Gasteiger partial charge in [-0.15, -0.1) is 0 Å². The number of aromatic nitrogens is 2. The molecule has 4 heteroatoms. The Labute approximate surface area is 122 Å². The van der Waals surface area contributed by atoms with Crippen molar-refractivity contribution in [1.29, 1.82) is 0 Å². The third-order valence-corrected chi connectivity index (χ3v) is 3.78. The molecule has 0 saturated carbocycles. The van der Waals surface area contributed by atoms with Gasteiger partial charge < -0.3 is 5.11 Å². The van der Waals surface area contributed by atoms with Crippen LogP contribution in [0.1, 0.15) is 35.5 Å². The topological polar surface area (TPSA) is 38.0 Å². The van der Waals surface area contributed by atoms with Crippen molar-refractivity contribution < 1.29 is 5.11 Å². The molecule has 1 aromatic carbocycles. The predicted octanol–water partition coefficient (Wildman–Crippen LogP) is 3.56. The van der Waals surface area contributed by atoms with E-state index in [9.17, 15) is 5.11 Å². The molecule has 0 radical (unpaired) electrons. The summed E-state index contributed by atoms with van der Waals surface area (Å²) >= 11 is 3.45. The molecule has 0 saturated heterocycles. The Hall–Kier alpha value is -1.13. The summed E-state index contributed by atoms with van der Waals surface area (Å²) in [5, 5.41) is 14.9. The fourth-order valence-corrected chi connectivity index (χ4v) is 2.69. The van der Waals surface area contributed by atoms with Crippen molar-refractivity contribution in [2.24, 2.45) is 0 Å². The van der Waals surface area contributed by atoms with Crippen LogP contribution >= 0.6 is 15.9 Å². The van der Waals surface area contributed by atoms with Crippen molar-refractivity contribution in [2.45, 2.75) is 39.8 Å². The average molecular weight is 323 g/mol. The van der Waals surface area contributed by atoms with Crippen molar-refractivity contribution in [2.75, 3.05) is 0 Å². The lowest BCUT2D eigenvalue weighted by Crippen LogP contribution is -2.09. The largest absolute Gasteiger partial charge is 0.388 e. The Bertz CT molecular complexity index is 578. The summed E-state index contributed by atoms with van der Waals surface area (Å²) in [5.74, 6) is 0. The van der Waals surface area contributed by atoms with E-state index in [0.29, 0.717) is 6.42 Å². The molecule has 0 bridgehead atoms. The third kappa shape index (κ3) is 3.25. The fourth-order valence-electron chi connectivity index (χ4n) is 2.32. The van der Waals surface area contributed by atoms with Gasteiger partial charge in [0.1, 0.15) is 0 Å². The van der Waals surface area contributed by atoms with E-state index in [1.807, 2.05) is 42.8 Å². The van der Waals surface area contributed by atoms with Gasteiger partial charge in [0.2, 0.25) is 0 Å². The number of rotatable bonds is 4. The lowest BCUT2D eigenvalue weighted by atomic mass is 10.00. The molecular formula is C15H19BrN2O. The zero-order valence-corrected chi connectivity index (χ0v) is 13.1. The summed E-state index contributed by atoms with van der Waals surface area (Å²) in [6, 6.07) is 8.04. The van der Waals surface area contributed by atoms with Gasteiger partial charge in [0.25, 0.3) is 0 Å². The van der Waals surface area contributed by atoms with E-state index >= 15 is 0 Å². The van der Waals surface area contributed by atoms with E-state index in [2.05, 4.69) is 28.0 Å². The molecule has 0 spiro atoms. The molecule has 19 heavy (non-hydrogen) atoms. The summed E-state index contributed by atoms with van der Waals surface area (Å²) in [7, 11) is 0. The minimum absolute atomic E-state index is 0.501. The van der Waals surface area contributed by atoms with E-state index in [0.717, 1.165) is 33.5 Å². The molecule has 1 N–H and O–H groups in total. The van der Waals surface area contributed by atoms with E-state index in [4.69, 9.17) is 0 Å². The number of benzene rings is 1. The van der Waals surface area contributed by atoms with Crippen LogP contribution in [0, 0.1) is 13.8 Å². The number of hydrogen-bond donors (Lipinski definition) is 1. The second-order valence-corrected chi connectivity index (χ2v) is 5.73. The minimum atomic E-state index is -0.501.